The van der Waals surface area contributed by atoms with E-state index >= 15 is 0 Å². The van der Waals surface area contributed by atoms with Crippen LogP contribution < -0.4 is 5.32 Å². The Bertz CT molecular complexity index is 1160. The molecule has 1 aliphatic rings. The van der Waals surface area contributed by atoms with E-state index in [1.54, 1.807) is 24.3 Å². The number of hydrogen-bond donors (Lipinski definition) is 1. The Morgan fingerprint density at radius 3 is 1.94 bits per heavy atom. The first-order valence-corrected chi connectivity index (χ1v) is 10.5. The highest BCUT2D eigenvalue weighted by molar-refractivity contribution is 6.43. The Kier molecular flexibility index (Phi) is 6.01. The normalized spacial score (nSPS) is 13.8. The summed E-state index contributed by atoms with van der Waals surface area (Å²) >= 11 is 18.3. The van der Waals surface area contributed by atoms with Gasteiger partial charge in [-0.15, -0.1) is 0 Å². The van der Waals surface area contributed by atoms with Crippen molar-refractivity contribution >= 4 is 58.2 Å². The lowest BCUT2D eigenvalue weighted by atomic mass is 10.0. The predicted octanol–water partition coefficient (Wildman–Crippen LogP) is 5.49. The van der Waals surface area contributed by atoms with Crippen LogP contribution in [0.3, 0.4) is 0 Å². The molecule has 1 heterocycles. The van der Waals surface area contributed by atoms with Crippen LogP contribution in [0.2, 0.25) is 15.1 Å². The third kappa shape index (κ3) is 4.17. The van der Waals surface area contributed by atoms with Crippen LogP contribution in [-0.4, -0.2) is 28.7 Å². The molecule has 3 aromatic carbocycles. The molecule has 3 amide bonds. The molecule has 0 saturated heterocycles. The molecule has 0 aliphatic carbocycles. The van der Waals surface area contributed by atoms with E-state index in [4.69, 9.17) is 34.8 Å². The van der Waals surface area contributed by atoms with Crippen molar-refractivity contribution in [3.63, 3.8) is 0 Å². The Morgan fingerprint density at radius 2 is 1.35 bits per heavy atom. The lowest BCUT2D eigenvalue weighted by molar-refractivity contribution is -0.119. The molecule has 8 heteroatoms. The highest BCUT2D eigenvalue weighted by Crippen LogP contribution is 2.33. The van der Waals surface area contributed by atoms with Gasteiger partial charge < -0.3 is 5.32 Å². The number of nitrogens with zero attached hydrogens (tertiary/aromatic N) is 1. The minimum Gasteiger partial charge on any atom is -0.323 e. The van der Waals surface area contributed by atoms with E-state index in [0.29, 0.717) is 10.7 Å². The SMILES string of the molecule is O=C(Nc1ccccc1Cl)[C@H](Cc1ccccc1)N1C(=O)c2cc(Cl)c(Cl)cc2C1=O. The highest BCUT2D eigenvalue weighted by Gasteiger charge is 2.43. The highest BCUT2D eigenvalue weighted by atomic mass is 35.5. The Labute approximate surface area is 193 Å². The molecule has 4 rings (SSSR count). The predicted molar refractivity (Wildman–Crippen MR) is 121 cm³/mol. The number of amides is 3. The van der Waals surface area contributed by atoms with E-state index in [2.05, 4.69) is 5.32 Å². The first-order chi connectivity index (χ1) is 14.9. The number of carbonyl (C=O) groups excluding carboxylic acids is 3. The van der Waals surface area contributed by atoms with Crippen molar-refractivity contribution in [3.05, 3.63) is 98.5 Å². The minimum atomic E-state index is -1.11. The van der Waals surface area contributed by atoms with E-state index < -0.39 is 23.8 Å². The molecule has 1 aliphatic heterocycles. The monoisotopic (exact) mass is 472 g/mol. The smallest absolute Gasteiger partial charge is 0.262 e. The van der Waals surface area contributed by atoms with Crippen LogP contribution >= 0.6 is 34.8 Å². The summed E-state index contributed by atoms with van der Waals surface area (Å²) in [4.78, 5) is 40.5. The second-order valence-electron chi connectivity index (χ2n) is 6.97. The van der Waals surface area contributed by atoms with E-state index in [-0.39, 0.29) is 27.6 Å². The van der Waals surface area contributed by atoms with Gasteiger partial charge >= 0.3 is 0 Å². The van der Waals surface area contributed by atoms with Crippen LogP contribution in [-0.2, 0) is 11.2 Å². The second-order valence-corrected chi connectivity index (χ2v) is 8.19. The average molecular weight is 474 g/mol. The number of halogens is 3. The molecule has 0 bridgehead atoms. The number of carbonyl (C=O) groups is 3. The molecule has 0 aromatic heterocycles. The first-order valence-electron chi connectivity index (χ1n) is 9.33. The first kappa shape index (κ1) is 21.4. The van der Waals surface area contributed by atoms with Gasteiger partial charge in [-0.1, -0.05) is 77.3 Å². The van der Waals surface area contributed by atoms with Crippen LogP contribution in [0.5, 0.6) is 0 Å². The third-order valence-corrected chi connectivity index (χ3v) is 6.03. The number of para-hydroxylation sites is 1. The van der Waals surface area contributed by atoms with Crippen molar-refractivity contribution in [1.82, 2.24) is 4.90 Å². The zero-order valence-electron chi connectivity index (χ0n) is 15.9. The summed E-state index contributed by atoms with van der Waals surface area (Å²) in [5, 5.41) is 3.38. The van der Waals surface area contributed by atoms with Gasteiger partial charge in [0.05, 0.1) is 31.9 Å². The van der Waals surface area contributed by atoms with Crippen molar-refractivity contribution in [2.24, 2.45) is 0 Å². The summed E-state index contributed by atoms with van der Waals surface area (Å²) in [7, 11) is 0. The van der Waals surface area contributed by atoms with Gasteiger partial charge in [-0.25, -0.2) is 0 Å². The molecular formula is C23H15Cl3N2O3. The molecule has 1 N–H and O–H groups in total. The van der Waals surface area contributed by atoms with E-state index in [1.165, 1.54) is 12.1 Å². The number of nitrogens with one attached hydrogen (secondary N) is 1. The standard InChI is InChI=1S/C23H15Cl3N2O3/c24-16-8-4-5-9-19(16)27-21(29)20(10-13-6-2-1-3-7-13)28-22(30)14-11-17(25)18(26)12-15(14)23(28)31/h1-9,11-12,20H,10H2,(H,27,29)/t20-/m0/s1. The van der Waals surface area contributed by atoms with Crippen LogP contribution in [0.25, 0.3) is 0 Å². The Morgan fingerprint density at radius 1 is 0.806 bits per heavy atom. The zero-order chi connectivity index (χ0) is 22.1. The van der Waals surface area contributed by atoms with Crippen molar-refractivity contribution in [1.29, 1.82) is 0 Å². The number of benzene rings is 3. The maximum Gasteiger partial charge on any atom is 0.262 e. The molecule has 156 valence electrons. The van der Waals surface area contributed by atoms with Gasteiger partial charge in [0.1, 0.15) is 6.04 Å². The van der Waals surface area contributed by atoms with E-state index in [9.17, 15) is 14.4 Å². The largest absolute Gasteiger partial charge is 0.323 e. The molecule has 0 unspecified atom stereocenters. The van der Waals surface area contributed by atoms with Crippen LogP contribution in [0.1, 0.15) is 26.3 Å². The summed E-state index contributed by atoms with van der Waals surface area (Å²) in [5.41, 5.74) is 1.40. The number of fused-ring (bicyclic) bond motifs is 1. The van der Waals surface area contributed by atoms with Crippen LogP contribution in [0, 0.1) is 0 Å². The molecule has 1 atom stereocenters. The fourth-order valence-corrected chi connectivity index (χ4v) is 3.96. The molecule has 0 fully saturated rings. The number of anilines is 1. The molecule has 0 spiro atoms. The maximum absolute atomic E-state index is 13.3. The third-order valence-electron chi connectivity index (χ3n) is 4.98. The van der Waals surface area contributed by atoms with Crippen molar-refractivity contribution in [2.75, 3.05) is 5.32 Å². The van der Waals surface area contributed by atoms with E-state index in [0.717, 1.165) is 10.5 Å². The maximum atomic E-state index is 13.3. The summed E-state index contributed by atoms with van der Waals surface area (Å²) < 4.78 is 0. The summed E-state index contributed by atoms with van der Waals surface area (Å²) in [6.45, 7) is 0. The van der Waals surface area contributed by atoms with Gasteiger partial charge in [0.25, 0.3) is 11.8 Å². The van der Waals surface area contributed by atoms with Gasteiger partial charge in [0.2, 0.25) is 5.91 Å². The van der Waals surface area contributed by atoms with Crippen molar-refractivity contribution < 1.29 is 14.4 Å². The molecule has 0 saturated carbocycles. The quantitative estimate of drug-likeness (QED) is 0.498. The van der Waals surface area contributed by atoms with E-state index in [1.807, 2.05) is 30.3 Å². The number of imide groups is 1. The van der Waals surface area contributed by atoms with Gasteiger partial charge in [-0.2, -0.15) is 0 Å². The van der Waals surface area contributed by atoms with Gasteiger partial charge in [-0.3, -0.25) is 19.3 Å². The van der Waals surface area contributed by atoms with Crippen LogP contribution in [0.4, 0.5) is 5.69 Å². The average Bonchev–Trinajstić information content (AvgIpc) is 2.99. The Balaban J connectivity index is 1.72. The lowest BCUT2D eigenvalue weighted by Crippen LogP contribution is -2.48. The minimum absolute atomic E-state index is 0.114. The number of rotatable bonds is 5. The summed E-state index contributed by atoms with van der Waals surface area (Å²) in [6, 6.07) is 17.4. The molecule has 0 radical (unpaired) electrons. The topological polar surface area (TPSA) is 66.5 Å². The lowest BCUT2D eigenvalue weighted by Gasteiger charge is -2.25. The number of hydrogen-bond acceptors (Lipinski definition) is 3. The summed E-state index contributed by atoms with van der Waals surface area (Å²) in [6.07, 6.45) is 0.129. The fourth-order valence-electron chi connectivity index (χ4n) is 3.45. The van der Waals surface area contributed by atoms with Gasteiger partial charge in [0.15, 0.2) is 0 Å². The van der Waals surface area contributed by atoms with Gasteiger partial charge in [-0.05, 0) is 29.8 Å². The van der Waals surface area contributed by atoms with Gasteiger partial charge in [0, 0.05) is 6.42 Å². The second kappa shape index (κ2) is 8.71. The van der Waals surface area contributed by atoms with Crippen LogP contribution in [0.15, 0.2) is 66.7 Å². The molecule has 5 nitrogen and oxygen atoms in total. The molecule has 3 aromatic rings. The summed E-state index contributed by atoms with van der Waals surface area (Å²) in [5.74, 6) is -1.74. The van der Waals surface area contributed by atoms with Crippen molar-refractivity contribution in [3.8, 4) is 0 Å². The Hall–Kier alpha value is -2.86. The molecular weight excluding hydrogens is 459 g/mol. The zero-order valence-corrected chi connectivity index (χ0v) is 18.2. The van der Waals surface area contributed by atoms with Crippen molar-refractivity contribution in [2.45, 2.75) is 12.5 Å². The molecule has 31 heavy (non-hydrogen) atoms. The fraction of sp³-hybridized carbons (Fsp3) is 0.0870.